The van der Waals surface area contributed by atoms with Crippen LogP contribution in [0, 0.1) is 11.8 Å². The van der Waals surface area contributed by atoms with E-state index >= 15 is 0 Å². The van der Waals surface area contributed by atoms with Gasteiger partial charge in [-0.05, 0) is 55.4 Å². The van der Waals surface area contributed by atoms with E-state index in [0.29, 0.717) is 24.9 Å². The summed E-state index contributed by atoms with van der Waals surface area (Å²) in [5.41, 5.74) is 0. The molecule has 1 aliphatic carbocycles. The van der Waals surface area contributed by atoms with Gasteiger partial charge in [0.05, 0.1) is 9.79 Å². The second-order valence-electron chi connectivity index (χ2n) is 5.78. The van der Waals surface area contributed by atoms with Crippen LogP contribution in [0.1, 0.15) is 19.3 Å². The van der Waals surface area contributed by atoms with Crippen LogP contribution in [0.3, 0.4) is 0 Å². The predicted molar refractivity (Wildman–Crippen MR) is 74.3 cm³/mol. The molecule has 3 rings (SSSR count). The number of nitrogens with zero attached hydrogens (tertiary/aromatic N) is 1. The van der Waals surface area contributed by atoms with Crippen LogP contribution in [0.4, 0.5) is 3.89 Å². The summed E-state index contributed by atoms with van der Waals surface area (Å²) in [7, 11) is -8.44. The van der Waals surface area contributed by atoms with Crippen LogP contribution >= 0.6 is 0 Å². The maximum Gasteiger partial charge on any atom is 0.332 e. The van der Waals surface area contributed by atoms with Gasteiger partial charge in [-0.25, -0.2) is 8.42 Å². The summed E-state index contributed by atoms with van der Waals surface area (Å²) in [6.45, 7) is 1.03. The summed E-state index contributed by atoms with van der Waals surface area (Å²) in [4.78, 5) is -0.517. The maximum absolute atomic E-state index is 12.8. The molecule has 2 atom stereocenters. The van der Waals surface area contributed by atoms with Gasteiger partial charge in [-0.2, -0.15) is 12.7 Å². The fourth-order valence-corrected chi connectivity index (χ4v) is 5.33. The second kappa shape index (κ2) is 5.03. The van der Waals surface area contributed by atoms with Crippen molar-refractivity contribution in [3.8, 4) is 0 Å². The van der Waals surface area contributed by atoms with Crippen molar-refractivity contribution in [2.45, 2.75) is 29.1 Å². The van der Waals surface area contributed by atoms with Crippen LogP contribution in [0.25, 0.3) is 0 Å². The lowest BCUT2D eigenvalue weighted by Crippen LogP contribution is -2.40. The zero-order valence-electron chi connectivity index (χ0n) is 11.3. The Morgan fingerprint density at radius 1 is 0.905 bits per heavy atom. The first-order chi connectivity index (χ1) is 9.77. The van der Waals surface area contributed by atoms with Gasteiger partial charge in [0.15, 0.2) is 0 Å². The van der Waals surface area contributed by atoms with Crippen LogP contribution in [0.15, 0.2) is 34.1 Å². The Morgan fingerprint density at radius 2 is 1.38 bits per heavy atom. The van der Waals surface area contributed by atoms with Gasteiger partial charge in [0.1, 0.15) is 0 Å². The number of piperidine rings is 1. The summed E-state index contributed by atoms with van der Waals surface area (Å²) in [5, 5.41) is 0. The number of halogens is 1. The van der Waals surface area contributed by atoms with E-state index in [-0.39, 0.29) is 4.90 Å². The molecule has 0 amide bonds. The highest BCUT2D eigenvalue weighted by atomic mass is 32.3. The largest absolute Gasteiger partial charge is 0.332 e. The molecule has 2 fully saturated rings. The number of benzene rings is 1. The smallest absolute Gasteiger partial charge is 0.207 e. The topological polar surface area (TPSA) is 71.5 Å². The van der Waals surface area contributed by atoms with Gasteiger partial charge in [0, 0.05) is 13.1 Å². The third-order valence-electron chi connectivity index (χ3n) is 4.32. The Morgan fingerprint density at radius 3 is 1.86 bits per heavy atom. The molecule has 2 bridgehead atoms. The Kier molecular flexibility index (Phi) is 3.58. The molecule has 1 aromatic carbocycles. The molecule has 8 heteroatoms. The van der Waals surface area contributed by atoms with Crippen molar-refractivity contribution in [3.63, 3.8) is 0 Å². The van der Waals surface area contributed by atoms with Crippen LogP contribution < -0.4 is 0 Å². The third kappa shape index (κ3) is 2.84. The summed E-state index contributed by atoms with van der Waals surface area (Å²) in [6.07, 6.45) is 3.22. The van der Waals surface area contributed by atoms with E-state index in [1.807, 2.05) is 0 Å². The molecule has 2 aliphatic rings. The lowest BCUT2D eigenvalue weighted by Gasteiger charge is -2.30. The minimum atomic E-state index is -4.81. The molecule has 0 aromatic heterocycles. The van der Waals surface area contributed by atoms with Crippen LogP contribution in [0.2, 0.25) is 0 Å². The van der Waals surface area contributed by atoms with Crippen LogP contribution in [0.5, 0.6) is 0 Å². The second-order valence-corrected chi connectivity index (χ2v) is 9.06. The lowest BCUT2D eigenvalue weighted by atomic mass is 10.0. The maximum atomic E-state index is 12.8. The first-order valence-corrected chi connectivity index (χ1v) is 9.64. The molecular formula is C13H16FNO4S2. The fraction of sp³-hybridized carbons (Fsp3) is 0.538. The van der Waals surface area contributed by atoms with E-state index < -0.39 is 25.1 Å². The minimum Gasteiger partial charge on any atom is -0.207 e. The van der Waals surface area contributed by atoms with Gasteiger partial charge in [0.25, 0.3) is 0 Å². The Hall–Kier alpha value is -0.990. The van der Waals surface area contributed by atoms with Gasteiger partial charge in [-0.3, -0.25) is 0 Å². The molecule has 0 N–H and O–H groups in total. The lowest BCUT2D eigenvalue weighted by molar-refractivity contribution is 0.261. The van der Waals surface area contributed by atoms with Crippen LogP contribution in [-0.2, 0) is 20.2 Å². The van der Waals surface area contributed by atoms with Crippen molar-refractivity contribution in [3.05, 3.63) is 24.3 Å². The standard InChI is InChI=1S/C13H16FNO4S2/c14-20(16,17)12-3-5-13(6-4-12)21(18,19)15-8-10-1-2-11(7-10)9-15/h3-6,10-11H,1-2,7-9H2. The molecule has 1 aromatic rings. The molecule has 1 aliphatic heterocycles. The van der Waals surface area contributed by atoms with Crippen molar-refractivity contribution in [2.75, 3.05) is 13.1 Å². The predicted octanol–water partition coefficient (Wildman–Crippen LogP) is 1.77. The SMILES string of the molecule is O=S(=O)(F)c1ccc(S(=O)(=O)N2CC3CCC(C3)C2)cc1. The quantitative estimate of drug-likeness (QED) is 0.790. The van der Waals surface area contributed by atoms with Crippen LogP contribution in [-0.4, -0.2) is 34.2 Å². The zero-order valence-corrected chi connectivity index (χ0v) is 12.9. The van der Waals surface area contributed by atoms with Crippen molar-refractivity contribution < 1.29 is 20.7 Å². The van der Waals surface area contributed by atoms with Crippen molar-refractivity contribution in [1.82, 2.24) is 4.31 Å². The molecule has 0 spiro atoms. The first-order valence-electron chi connectivity index (χ1n) is 6.82. The molecule has 5 nitrogen and oxygen atoms in total. The molecule has 0 radical (unpaired) electrons. The van der Waals surface area contributed by atoms with Gasteiger partial charge in [0.2, 0.25) is 10.0 Å². The average Bonchev–Trinajstić information content (AvgIpc) is 2.76. The Balaban J connectivity index is 1.88. The molecular weight excluding hydrogens is 317 g/mol. The molecule has 1 heterocycles. The van der Waals surface area contributed by atoms with E-state index in [1.54, 1.807) is 0 Å². The number of rotatable bonds is 3. The normalized spacial score (nSPS) is 26.9. The third-order valence-corrected chi connectivity index (χ3v) is 7.00. The molecule has 1 saturated carbocycles. The van der Waals surface area contributed by atoms with E-state index in [4.69, 9.17) is 0 Å². The van der Waals surface area contributed by atoms with Gasteiger partial charge in [-0.15, -0.1) is 3.89 Å². The van der Waals surface area contributed by atoms with E-state index in [2.05, 4.69) is 0 Å². The Bertz CT molecular complexity index is 731. The Labute approximate surface area is 124 Å². The highest BCUT2D eigenvalue weighted by Gasteiger charge is 2.38. The van der Waals surface area contributed by atoms with Crippen molar-refractivity contribution >= 4 is 20.2 Å². The number of fused-ring (bicyclic) bond motifs is 2. The van der Waals surface area contributed by atoms with Gasteiger partial charge in [-0.1, -0.05) is 0 Å². The average molecular weight is 333 g/mol. The minimum absolute atomic E-state index is 0.0104. The van der Waals surface area contributed by atoms with E-state index in [1.165, 1.54) is 4.31 Å². The molecule has 2 unspecified atom stereocenters. The summed E-state index contributed by atoms with van der Waals surface area (Å²) in [5.74, 6) is 0.841. The summed E-state index contributed by atoms with van der Waals surface area (Å²) >= 11 is 0. The highest BCUT2D eigenvalue weighted by Crippen LogP contribution is 2.38. The van der Waals surface area contributed by atoms with Crippen molar-refractivity contribution in [2.24, 2.45) is 11.8 Å². The highest BCUT2D eigenvalue weighted by molar-refractivity contribution is 7.89. The summed E-state index contributed by atoms with van der Waals surface area (Å²) < 4.78 is 60.9. The van der Waals surface area contributed by atoms with E-state index in [0.717, 1.165) is 43.5 Å². The first kappa shape index (κ1) is 14.9. The fourth-order valence-electron chi connectivity index (χ4n) is 3.28. The molecule has 116 valence electrons. The molecule has 21 heavy (non-hydrogen) atoms. The number of hydrogen-bond donors (Lipinski definition) is 0. The zero-order chi connectivity index (χ0) is 15.3. The van der Waals surface area contributed by atoms with Crippen molar-refractivity contribution in [1.29, 1.82) is 0 Å². The molecule has 1 saturated heterocycles. The van der Waals surface area contributed by atoms with Gasteiger partial charge < -0.3 is 0 Å². The summed E-state index contributed by atoms with van der Waals surface area (Å²) in [6, 6.07) is 4.28. The van der Waals surface area contributed by atoms with E-state index in [9.17, 15) is 20.7 Å². The number of sulfonamides is 1. The number of hydrogen-bond acceptors (Lipinski definition) is 4. The monoisotopic (exact) mass is 333 g/mol. The van der Waals surface area contributed by atoms with Gasteiger partial charge >= 0.3 is 10.2 Å².